The summed E-state index contributed by atoms with van der Waals surface area (Å²) in [4.78, 5) is 0. The smallest absolute Gasteiger partial charge is 0.119 e. The molecule has 130 valence electrons. The highest BCUT2D eigenvalue weighted by Gasteiger charge is 2.33. The van der Waals surface area contributed by atoms with Gasteiger partial charge < -0.3 is 14.8 Å². The molecule has 0 aliphatic carbocycles. The van der Waals surface area contributed by atoms with E-state index in [2.05, 4.69) is 36.4 Å². The molecule has 1 aliphatic rings. The van der Waals surface area contributed by atoms with Crippen molar-refractivity contribution >= 4 is 0 Å². The van der Waals surface area contributed by atoms with E-state index >= 15 is 0 Å². The van der Waals surface area contributed by atoms with Crippen LogP contribution in [-0.4, -0.2) is 30.0 Å². The van der Waals surface area contributed by atoms with Gasteiger partial charge in [-0.3, -0.25) is 4.68 Å². The van der Waals surface area contributed by atoms with Gasteiger partial charge in [0.15, 0.2) is 0 Å². The largest absolute Gasteiger partial charge is 0.497 e. The molecule has 1 aromatic heterocycles. The Morgan fingerprint density at radius 1 is 1.38 bits per heavy atom. The first kappa shape index (κ1) is 17.0. The molecular formula is C19H27N3O2. The average Bonchev–Trinajstić information content (AvgIpc) is 3.12. The van der Waals surface area contributed by atoms with Gasteiger partial charge in [-0.1, -0.05) is 12.1 Å². The maximum Gasteiger partial charge on any atom is 0.119 e. The third-order valence-electron chi connectivity index (χ3n) is 4.93. The molecule has 1 fully saturated rings. The molecule has 0 amide bonds. The topological polar surface area (TPSA) is 48.3 Å². The fourth-order valence-electron chi connectivity index (χ4n) is 3.55. The summed E-state index contributed by atoms with van der Waals surface area (Å²) in [6.07, 6.45) is 1.24. The van der Waals surface area contributed by atoms with Gasteiger partial charge in [0.05, 0.1) is 18.9 Å². The number of hydrogen-bond acceptors (Lipinski definition) is 4. The SMILES string of the molecule is COc1cccc(CNC[C@H]2CCO[C@H]2c2c(C)nn(C)c2C)c1. The van der Waals surface area contributed by atoms with Crippen molar-refractivity contribution in [3.63, 3.8) is 0 Å². The molecule has 0 unspecified atom stereocenters. The van der Waals surface area contributed by atoms with E-state index < -0.39 is 0 Å². The van der Waals surface area contributed by atoms with Gasteiger partial charge in [0.1, 0.15) is 5.75 Å². The minimum atomic E-state index is 0.150. The summed E-state index contributed by atoms with van der Waals surface area (Å²) in [5.74, 6) is 1.38. The first-order valence-corrected chi connectivity index (χ1v) is 8.55. The number of nitrogens with zero attached hydrogens (tertiary/aromatic N) is 2. The molecule has 5 nitrogen and oxygen atoms in total. The van der Waals surface area contributed by atoms with Crippen LogP contribution < -0.4 is 10.1 Å². The number of hydrogen-bond donors (Lipinski definition) is 1. The number of rotatable bonds is 6. The fourth-order valence-corrected chi connectivity index (χ4v) is 3.55. The lowest BCUT2D eigenvalue weighted by Crippen LogP contribution is -2.25. The van der Waals surface area contributed by atoms with Crippen LogP contribution in [0, 0.1) is 19.8 Å². The van der Waals surface area contributed by atoms with Gasteiger partial charge in [0, 0.05) is 43.9 Å². The fraction of sp³-hybridized carbons (Fsp3) is 0.526. The van der Waals surface area contributed by atoms with E-state index in [0.29, 0.717) is 5.92 Å². The molecule has 0 spiro atoms. The van der Waals surface area contributed by atoms with Gasteiger partial charge in [-0.15, -0.1) is 0 Å². The van der Waals surface area contributed by atoms with Gasteiger partial charge in [0.2, 0.25) is 0 Å². The molecule has 1 saturated heterocycles. The summed E-state index contributed by atoms with van der Waals surface area (Å²) < 4.78 is 13.3. The molecule has 24 heavy (non-hydrogen) atoms. The zero-order valence-corrected chi connectivity index (χ0v) is 15.0. The molecule has 0 radical (unpaired) electrons. The van der Waals surface area contributed by atoms with Crippen molar-refractivity contribution in [2.75, 3.05) is 20.3 Å². The first-order valence-electron chi connectivity index (χ1n) is 8.55. The Kier molecular flexibility index (Phi) is 5.21. The maximum atomic E-state index is 6.05. The lowest BCUT2D eigenvalue weighted by Gasteiger charge is -2.20. The van der Waals surface area contributed by atoms with Crippen LogP contribution in [0.1, 0.15) is 35.0 Å². The Hall–Kier alpha value is -1.85. The quantitative estimate of drug-likeness (QED) is 0.885. The summed E-state index contributed by atoms with van der Waals surface area (Å²) in [6, 6.07) is 8.19. The minimum Gasteiger partial charge on any atom is -0.497 e. The average molecular weight is 329 g/mol. The second-order valence-corrected chi connectivity index (χ2v) is 6.53. The van der Waals surface area contributed by atoms with Crippen LogP contribution in [0.4, 0.5) is 0 Å². The predicted octanol–water partition coefficient (Wildman–Crippen LogP) is 2.91. The highest BCUT2D eigenvalue weighted by Crippen LogP contribution is 2.37. The number of benzene rings is 1. The Morgan fingerprint density at radius 3 is 2.92 bits per heavy atom. The predicted molar refractivity (Wildman–Crippen MR) is 94.2 cm³/mol. The van der Waals surface area contributed by atoms with Crippen molar-refractivity contribution in [2.45, 2.75) is 32.9 Å². The van der Waals surface area contributed by atoms with Crippen LogP contribution in [0.15, 0.2) is 24.3 Å². The van der Waals surface area contributed by atoms with E-state index in [4.69, 9.17) is 9.47 Å². The molecule has 2 heterocycles. The van der Waals surface area contributed by atoms with E-state index in [1.165, 1.54) is 16.8 Å². The van der Waals surface area contributed by atoms with E-state index in [-0.39, 0.29) is 6.10 Å². The van der Waals surface area contributed by atoms with Crippen molar-refractivity contribution in [1.82, 2.24) is 15.1 Å². The first-order chi connectivity index (χ1) is 11.6. The van der Waals surface area contributed by atoms with Crippen molar-refractivity contribution in [3.05, 3.63) is 46.8 Å². The van der Waals surface area contributed by atoms with Crippen LogP contribution in [0.25, 0.3) is 0 Å². The highest BCUT2D eigenvalue weighted by molar-refractivity contribution is 5.29. The number of methoxy groups -OCH3 is 1. The van der Waals surface area contributed by atoms with Gasteiger partial charge >= 0.3 is 0 Å². The lowest BCUT2D eigenvalue weighted by atomic mass is 9.94. The van der Waals surface area contributed by atoms with Crippen LogP contribution >= 0.6 is 0 Å². The standard InChI is InChI=1S/C19H27N3O2/c1-13-18(14(2)22(3)21-13)19-16(8-9-24-19)12-20-11-15-6-5-7-17(10-15)23-4/h5-7,10,16,19-20H,8-9,11-12H2,1-4H3/t16-,19-/m1/s1. The number of nitrogens with one attached hydrogen (secondary N) is 1. The molecule has 3 rings (SSSR count). The number of aryl methyl sites for hydroxylation is 2. The highest BCUT2D eigenvalue weighted by atomic mass is 16.5. The molecule has 5 heteroatoms. The van der Waals surface area contributed by atoms with Gasteiger partial charge in [-0.2, -0.15) is 5.10 Å². The lowest BCUT2D eigenvalue weighted by molar-refractivity contribution is 0.0893. The molecule has 1 N–H and O–H groups in total. The van der Waals surface area contributed by atoms with Gasteiger partial charge in [0.25, 0.3) is 0 Å². The summed E-state index contributed by atoms with van der Waals surface area (Å²) in [5.41, 5.74) is 4.79. The zero-order valence-electron chi connectivity index (χ0n) is 15.0. The summed E-state index contributed by atoms with van der Waals surface area (Å²) in [7, 11) is 3.70. The van der Waals surface area contributed by atoms with E-state index in [0.717, 1.165) is 37.6 Å². The van der Waals surface area contributed by atoms with Gasteiger partial charge in [-0.05, 0) is 38.0 Å². The normalized spacial score (nSPS) is 20.5. The Morgan fingerprint density at radius 2 is 2.21 bits per heavy atom. The van der Waals surface area contributed by atoms with Crippen molar-refractivity contribution in [1.29, 1.82) is 0 Å². The summed E-state index contributed by atoms with van der Waals surface area (Å²) >= 11 is 0. The molecule has 0 bridgehead atoms. The van der Waals surface area contributed by atoms with E-state index in [1.807, 2.05) is 23.9 Å². The molecule has 0 saturated carbocycles. The van der Waals surface area contributed by atoms with Crippen LogP contribution in [0.3, 0.4) is 0 Å². The Balaban J connectivity index is 1.62. The minimum absolute atomic E-state index is 0.150. The molecular weight excluding hydrogens is 302 g/mol. The third-order valence-corrected chi connectivity index (χ3v) is 4.93. The van der Waals surface area contributed by atoms with Crippen molar-refractivity contribution in [3.8, 4) is 5.75 Å². The van der Waals surface area contributed by atoms with Crippen molar-refractivity contribution in [2.24, 2.45) is 13.0 Å². The second kappa shape index (κ2) is 7.36. The van der Waals surface area contributed by atoms with Crippen LogP contribution in [-0.2, 0) is 18.3 Å². The summed E-state index contributed by atoms with van der Waals surface area (Å²) in [6.45, 7) is 6.80. The van der Waals surface area contributed by atoms with Gasteiger partial charge in [-0.25, -0.2) is 0 Å². The Bertz CT molecular complexity index is 696. The molecule has 1 aromatic carbocycles. The van der Waals surface area contributed by atoms with Crippen LogP contribution in [0.5, 0.6) is 5.75 Å². The number of aromatic nitrogens is 2. The number of ether oxygens (including phenoxy) is 2. The third kappa shape index (κ3) is 3.47. The van der Waals surface area contributed by atoms with E-state index in [1.54, 1.807) is 7.11 Å². The maximum absolute atomic E-state index is 6.05. The summed E-state index contributed by atoms with van der Waals surface area (Å²) in [5, 5.41) is 8.12. The Labute approximate surface area is 144 Å². The molecule has 2 atom stereocenters. The molecule has 1 aliphatic heterocycles. The molecule has 2 aromatic rings. The van der Waals surface area contributed by atoms with Crippen LogP contribution in [0.2, 0.25) is 0 Å². The second-order valence-electron chi connectivity index (χ2n) is 6.53. The van der Waals surface area contributed by atoms with E-state index in [9.17, 15) is 0 Å². The zero-order chi connectivity index (χ0) is 17.1. The van der Waals surface area contributed by atoms with Crippen molar-refractivity contribution < 1.29 is 9.47 Å². The monoisotopic (exact) mass is 329 g/mol.